The molecule has 9 heteroatoms. The molecule has 3 unspecified atom stereocenters. The lowest BCUT2D eigenvalue weighted by Gasteiger charge is -2.45. The zero-order chi connectivity index (χ0) is 27.2. The van der Waals surface area contributed by atoms with Gasteiger partial charge >= 0.3 is 0 Å². The van der Waals surface area contributed by atoms with Gasteiger partial charge in [0.25, 0.3) is 0 Å². The summed E-state index contributed by atoms with van der Waals surface area (Å²) in [5.74, 6) is 0.601. The fourth-order valence-corrected chi connectivity index (χ4v) is 5.11. The van der Waals surface area contributed by atoms with E-state index in [1.165, 1.54) is 12.1 Å². The average Bonchev–Trinajstić information content (AvgIpc) is 2.91. The highest BCUT2D eigenvalue weighted by Crippen LogP contribution is 2.42. The van der Waals surface area contributed by atoms with Crippen molar-refractivity contribution in [3.8, 4) is 11.5 Å². The number of methoxy groups -OCH3 is 2. The van der Waals surface area contributed by atoms with E-state index in [2.05, 4.69) is 0 Å². The van der Waals surface area contributed by atoms with Gasteiger partial charge in [0.1, 0.15) is 18.5 Å². The number of carbonyl (C=O) groups is 1. The molecule has 0 aliphatic carbocycles. The normalized spacial score (nSPS) is 18.4. The van der Waals surface area contributed by atoms with Gasteiger partial charge in [-0.15, -0.1) is 0 Å². The fourth-order valence-electron chi connectivity index (χ4n) is 4.75. The number of benzene rings is 3. The minimum atomic E-state index is -0.637. The molecule has 3 aromatic rings. The lowest BCUT2D eigenvalue weighted by molar-refractivity contribution is -0.166. The van der Waals surface area contributed by atoms with Crippen molar-refractivity contribution in [3.05, 3.63) is 93.2 Å². The van der Waals surface area contributed by atoms with Crippen LogP contribution in [0.5, 0.6) is 11.5 Å². The maximum atomic E-state index is 14.3. The van der Waals surface area contributed by atoms with E-state index in [1.807, 2.05) is 37.3 Å². The van der Waals surface area contributed by atoms with Crippen molar-refractivity contribution in [2.45, 2.75) is 38.1 Å². The Hall–Kier alpha value is -2.84. The number of halogens is 3. The van der Waals surface area contributed by atoms with Gasteiger partial charge in [-0.25, -0.2) is 4.39 Å². The van der Waals surface area contributed by atoms with E-state index < -0.39 is 18.0 Å². The van der Waals surface area contributed by atoms with Crippen LogP contribution in [0.3, 0.4) is 0 Å². The summed E-state index contributed by atoms with van der Waals surface area (Å²) >= 11 is 12.3. The van der Waals surface area contributed by atoms with E-state index in [9.17, 15) is 9.18 Å². The summed E-state index contributed by atoms with van der Waals surface area (Å²) < 4.78 is 37.1. The molecule has 1 saturated heterocycles. The molecule has 0 radical (unpaired) electrons. The predicted molar refractivity (Wildman–Crippen MR) is 144 cm³/mol. The van der Waals surface area contributed by atoms with Crippen molar-refractivity contribution in [1.29, 1.82) is 0 Å². The first-order valence-electron chi connectivity index (χ1n) is 12.3. The number of nitrogens with zero attached hydrogens (tertiary/aromatic N) is 1. The summed E-state index contributed by atoms with van der Waals surface area (Å²) in [6.07, 6.45) is 0.000232. The first-order chi connectivity index (χ1) is 18.3. The van der Waals surface area contributed by atoms with Crippen molar-refractivity contribution in [2.24, 2.45) is 0 Å². The Bertz CT molecular complexity index is 1240. The molecular weight excluding hydrogens is 532 g/mol. The Morgan fingerprint density at radius 1 is 0.974 bits per heavy atom. The highest BCUT2D eigenvalue weighted by molar-refractivity contribution is 6.30. The van der Waals surface area contributed by atoms with Crippen LogP contribution in [-0.2, 0) is 20.9 Å². The minimum Gasteiger partial charge on any atom is -0.493 e. The van der Waals surface area contributed by atoms with E-state index in [0.29, 0.717) is 35.1 Å². The molecule has 3 aromatic carbocycles. The number of morpholine rings is 1. The Balaban J connectivity index is 1.61. The largest absolute Gasteiger partial charge is 0.493 e. The van der Waals surface area contributed by atoms with E-state index in [0.717, 1.165) is 11.1 Å². The number of amides is 1. The Labute approximate surface area is 232 Å². The minimum absolute atomic E-state index is 0.144. The summed E-state index contributed by atoms with van der Waals surface area (Å²) in [7, 11) is 3.17. The number of hydrogen-bond donors (Lipinski definition) is 0. The number of hydrogen-bond acceptors (Lipinski definition) is 5. The topological polar surface area (TPSA) is 57.2 Å². The van der Waals surface area contributed by atoms with Gasteiger partial charge < -0.3 is 23.8 Å². The van der Waals surface area contributed by atoms with Gasteiger partial charge in [-0.05, 0) is 65.6 Å². The van der Waals surface area contributed by atoms with Crippen LogP contribution in [-0.4, -0.2) is 44.3 Å². The molecule has 4 rings (SSSR count). The van der Waals surface area contributed by atoms with Gasteiger partial charge in [-0.2, -0.15) is 0 Å². The van der Waals surface area contributed by atoms with Crippen molar-refractivity contribution in [3.63, 3.8) is 0 Å². The van der Waals surface area contributed by atoms with Crippen LogP contribution < -0.4 is 9.47 Å². The maximum Gasteiger partial charge on any atom is 0.249 e. The molecule has 0 saturated carbocycles. The van der Waals surface area contributed by atoms with Crippen LogP contribution in [0, 0.1) is 5.82 Å². The number of ether oxygens (including phenoxy) is 4. The molecule has 0 bridgehead atoms. The maximum absolute atomic E-state index is 14.3. The molecule has 1 fully saturated rings. The summed E-state index contributed by atoms with van der Waals surface area (Å²) in [4.78, 5) is 15.1. The highest BCUT2D eigenvalue weighted by atomic mass is 35.5. The monoisotopic (exact) mass is 561 g/mol. The third-order valence-electron chi connectivity index (χ3n) is 6.58. The molecule has 0 spiro atoms. The van der Waals surface area contributed by atoms with Crippen molar-refractivity contribution >= 4 is 29.1 Å². The predicted octanol–water partition coefficient (Wildman–Crippen LogP) is 6.79. The quantitative estimate of drug-likeness (QED) is 0.273. The second kappa shape index (κ2) is 12.8. The van der Waals surface area contributed by atoms with E-state index in [4.69, 9.17) is 42.1 Å². The van der Waals surface area contributed by atoms with E-state index >= 15 is 0 Å². The van der Waals surface area contributed by atoms with Crippen LogP contribution >= 0.6 is 23.2 Å². The third-order valence-corrected chi connectivity index (χ3v) is 7.05. The zero-order valence-electron chi connectivity index (χ0n) is 21.5. The Kier molecular flexibility index (Phi) is 9.49. The second-order valence-corrected chi connectivity index (χ2v) is 9.87. The molecule has 1 heterocycles. The summed E-state index contributed by atoms with van der Waals surface area (Å²) in [6, 6.07) is 16.3. The van der Waals surface area contributed by atoms with Gasteiger partial charge in [0, 0.05) is 10.0 Å². The lowest BCUT2D eigenvalue weighted by Crippen LogP contribution is -2.52. The van der Waals surface area contributed by atoms with Gasteiger partial charge in [-0.1, -0.05) is 48.3 Å². The summed E-state index contributed by atoms with van der Waals surface area (Å²) in [6.45, 7) is 2.47. The van der Waals surface area contributed by atoms with Gasteiger partial charge in [0.2, 0.25) is 5.91 Å². The van der Waals surface area contributed by atoms with Crippen molar-refractivity contribution < 1.29 is 28.1 Å². The van der Waals surface area contributed by atoms with E-state index in [1.54, 1.807) is 37.3 Å². The average molecular weight is 562 g/mol. The second-order valence-electron chi connectivity index (χ2n) is 9.00. The van der Waals surface area contributed by atoms with Gasteiger partial charge in [0.05, 0.1) is 39.5 Å². The number of rotatable bonds is 10. The first kappa shape index (κ1) is 28.2. The molecule has 6 nitrogen and oxygen atoms in total. The van der Waals surface area contributed by atoms with Crippen LogP contribution in [0.15, 0.2) is 60.7 Å². The SMILES string of the molecule is CCC(COCc1ccc(OC)c(OC)c1)N1C(=O)COC(c2cc(F)cc(Cl)c2)C1c1ccc(Cl)cc1. The molecule has 1 amide bonds. The molecule has 3 atom stereocenters. The molecular formula is C29H30Cl2FNO5. The fraction of sp³-hybridized carbons (Fsp3) is 0.345. The molecule has 1 aliphatic rings. The molecule has 0 aromatic heterocycles. The van der Waals surface area contributed by atoms with Crippen LogP contribution in [0.4, 0.5) is 4.39 Å². The van der Waals surface area contributed by atoms with E-state index in [-0.39, 0.29) is 30.2 Å². The van der Waals surface area contributed by atoms with Crippen molar-refractivity contribution in [1.82, 2.24) is 4.90 Å². The van der Waals surface area contributed by atoms with Gasteiger partial charge in [0.15, 0.2) is 11.5 Å². The Morgan fingerprint density at radius 2 is 1.71 bits per heavy atom. The molecule has 202 valence electrons. The molecule has 0 N–H and O–H groups in total. The molecule has 1 aliphatic heterocycles. The smallest absolute Gasteiger partial charge is 0.249 e. The first-order valence-corrected chi connectivity index (χ1v) is 13.0. The lowest BCUT2D eigenvalue weighted by atomic mass is 9.91. The standard InChI is InChI=1S/C29H30Cl2FNO5/c1-4-24(16-37-15-18-5-10-25(35-2)26(11-18)36-3)33-27(34)17-38-29(20-12-22(31)14-23(32)13-20)28(33)19-6-8-21(30)9-7-19/h5-14,24,28-29H,4,15-17H2,1-3H3. The highest BCUT2D eigenvalue weighted by Gasteiger charge is 2.42. The van der Waals surface area contributed by atoms with Crippen LogP contribution in [0.1, 0.15) is 42.2 Å². The number of carbonyl (C=O) groups excluding carboxylic acids is 1. The van der Waals surface area contributed by atoms with Gasteiger partial charge in [-0.3, -0.25) is 4.79 Å². The third kappa shape index (κ3) is 6.41. The van der Waals surface area contributed by atoms with Crippen LogP contribution in [0.25, 0.3) is 0 Å². The van der Waals surface area contributed by atoms with Crippen LogP contribution in [0.2, 0.25) is 10.0 Å². The Morgan fingerprint density at radius 3 is 2.37 bits per heavy atom. The zero-order valence-corrected chi connectivity index (χ0v) is 23.0. The summed E-state index contributed by atoms with van der Waals surface area (Å²) in [5.41, 5.74) is 2.27. The van der Waals surface area contributed by atoms with Crippen molar-refractivity contribution in [2.75, 3.05) is 27.4 Å². The summed E-state index contributed by atoms with van der Waals surface area (Å²) in [5, 5.41) is 0.825. The molecule has 38 heavy (non-hydrogen) atoms.